The van der Waals surface area contributed by atoms with E-state index in [2.05, 4.69) is 66.5 Å². The third-order valence-electron chi connectivity index (χ3n) is 5.87. The average molecular weight is 652 g/mol. The molecule has 0 aliphatic heterocycles. The van der Waals surface area contributed by atoms with Crippen LogP contribution in [0.5, 0.6) is 11.6 Å². The summed E-state index contributed by atoms with van der Waals surface area (Å²) in [6, 6.07) is 34.2. The SMILES string of the molecule is Cc1ccc(Oc2[c-]c(-c3[c-]c4c(cc3)c3ccccc3p4-c3cc(C)ccn3)ccc2)nc1.[Pt+2]. The van der Waals surface area contributed by atoms with Gasteiger partial charge in [-0.15, -0.1) is 18.2 Å². The molecule has 172 valence electrons. The van der Waals surface area contributed by atoms with E-state index in [0.29, 0.717) is 11.6 Å². The molecule has 1 atom stereocenters. The summed E-state index contributed by atoms with van der Waals surface area (Å²) in [5.74, 6) is 1.19. The van der Waals surface area contributed by atoms with Crippen LogP contribution in [-0.4, -0.2) is 9.97 Å². The summed E-state index contributed by atoms with van der Waals surface area (Å²) in [5.41, 5.74) is 5.36. The van der Waals surface area contributed by atoms with E-state index in [1.54, 1.807) is 6.20 Å². The quantitative estimate of drug-likeness (QED) is 0.180. The molecule has 0 radical (unpaired) electrons. The van der Waals surface area contributed by atoms with Crippen molar-refractivity contribution in [3.05, 3.63) is 115 Å². The van der Waals surface area contributed by atoms with Crippen molar-refractivity contribution in [3.8, 4) is 28.2 Å². The monoisotopic (exact) mass is 651 g/mol. The number of aromatic nitrogens is 2. The molecule has 0 fully saturated rings. The summed E-state index contributed by atoms with van der Waals surface area (Å²) in [4.78, 5) is 9.11. The van der Waals surface area contributed by atoms with E-state index in [-0.39, 0.29) is 21.1 Å². The van der Waals surface area contributed by atoms with Gasteiger partial charge in [0, 0.05) is 24.2 Å². The Morgan fingerprint density at radius 2 is 1.60 bits per heavy atom. The number of hydrogen-bond donors (Lipinski definition) is 0. The second-order valence-corrected chi connectivity index (χ2v) is 10.4. The molecule has 0 amide bonds. The third-order valence-corrected chi connectivity index (χ3v) is 8.25. The molecule has 6 aromatic rings. The van der Waals surface area contributed by atoms with Crippen molar-refractivity contribution in [2.45, 2.75) is 13.8 Å². The van der Waals surface area contributed by atoms with Crippen LogP contribution in [0.1, 0.15) is 11.1 Å². The first-order valence-electron chi connectivity index (χ1n) is 11.2. The van der Waals surface area contributed by atoms with Crippen molar-refractivity contribution in [2.24, 2.45) is 0 Å². The van der Waals surface area contributed by atoms with Gasteiger partial charge < -0.3 is 4.74 Å². The fourth-order valence-corrected chi connectivity index (χ4v) is 6.79. The van der Waals surface area contributed by atoms with Crippen LogP contribution in [0.2, 0.25) is 0 Å². The molecule has 3 heterocycles. The summed E-state index contributed by atoms with van der Waals surface area (Å²) >= 11 is 0. The van der Waals surface area contributed by atoms with Crippen molar-refractivity contribution >= 4 is 28.5 Å². The topological polar surface area (TPSA) is 35.0 Å². The van der Waals surface area contributed by atoms with Crippen molar-refractivity contribution in [1.29, 1.82) is 0 Å². The van der Waals surface area contributed by atoms with E-state index in [0.717, 1.165) is 22.1 Å². The van der Waals surface area contributed by atoms with Crippen LogP contribution in [0, 0.1) is 26.0 Å². The minimum absolute atomic E-state index is 0. The Labute approximate surface area is 220 Å². The minimum Gasteiger partial charge on any atom is -0.460 e. The Bertz CT molecular complexity index is 1660. The molecule has 0 N–H and O–H groups in total. The molecule has 3 aromatic heterocycles. The van der Waals surface area contributed by atoms with Crippen LogP contribution < -0.4 is 4.74 Å². The number of aryl methyl sites for hydroxylation is 2. The fourth-order valence-electron chi connectivity index (χ4n) is 4.22. The zero-order chi connectivity index (χ0) is 23.1. The molecule has 0 saturated carbocycles. The molecule has 5 heteroatoms. The van der Waals surface area contributed by atoms with Gasteiger partial charge in [0.2, 0.25) is 5.88 Å². The minimum atomic E-state index is -0.767. The third kappa shape index (κ3) is 4.55. The van der Waals surface area contributed by atoms with E-state index in [1.165, 1.54) is 26.6 Å². The number of rotatable bonds is 4. The molecule has 6 rings (SSSR count). The van der Waals surface area contributed by atoms with Gasteiger partial charge in [-0.25, -0.2) is 16.1 Å². The largest absolute Gasteiger partial charge is 2.00 e. The second kappa shape index (κ2) is 9.78. The number of ether oxygens (including phenoxy) is 1. The van der Waals surface area contributed by atoms with Gasteiger partial charge in [-0.05, 0) is 47.6 Å². The van der Waals surface area contributed by atoms with E-state index in [1.807, 2.05) is 49.5 Å². The number of hydrogen-bond acceptors (Lipinski definition) is 3. The van der Waals surface area contributed by atoms with Crippen LogP contribution in [0.25, 0.3) is 37.6 Å². The molecule has 1 unspecified atom stereocenters. The first-order valence-corrected chi connectivity index (χ1v) is 12.5. The molecule has 3 aromatic carbocycles. The first-order chi connectivity index (χ1) is 16.7. The number of fused-ring (bicyclic) bond motifs is 3. The smallest absolute Gasteiger partial charge is 0.460 e. The van der Waals surface area contributed by atoms with Gasteiger partial charge >= 0.3 is 21.1 Å². The Balaban J connectivity index is 0.00000253. The maximum absolute atomic E-state index is 5.96. The predicted octanol–water partition coefficient (Wildman–Crippen LogP) is 8.43. The number of nitrogens with zero attached hydrogens (tertiary/aromatic N) is 2. The molecule has 0 aliphatic carbocycles. The van der Waals surface area contributed by atoms with E-state index < -0.39 is 7.53 Å². The van der Waals surface area contributed by atoms with Gasteiger partial charge in [0.25, 0.3) is 0 Å². The Morgan fingerprint density at radius 3 is 2.43 bits per heavy atom. The zero-order valence-corrected chi connectivity index (χ0v) is 22.4. The molecule has 3 nitrogen and oxygen atoms in total. The van der Waals surface area contributed by atoms with Gasteiger partial charge in [0.15, 0.2) is 0 Å². The summed E-state index contributed by atoms with van der Waals surface area (Å²) in [6.07, 6.45) is 3.71. The van der Waals surface area contributed by atoms with E-state index >= 15 is 0 Å². The fraction of sp³-hybridized carbons (Fsp3) is 0.0667. The summed E-state index contributed by atoms with van der Waals surface area (Å²) in [5, 5.41) is 5.07. The molecule has 0 saturated heterocycles. The Kier molecular flexibility index (Phi) is 6.56. The predicted molar refractivity (Wildman–Crippen MR) is 140 cm³/mol. The zero-order valence-electron chi connectivity index (χ0n) is 19.2. The standard InChI is InChI=1S/C30H21N2OP.Pt/c1-20-14-15-31-30(16-20)34-27-9-4-3-8-25(27)26-12-11-23(18-28(26)34)22-6-5-7-24(17-22)33-29-13-10-21(2)19-32-29;/h3-16,19H,1-2H3;/q-2;+2. The normalized spacial score (nSPS) is 11.4. The molecular weight excluding hydrogens is 630 g/mol. The van der Waals surface area contributed by atoms with Crippen molar-refractivity contribution in [1.82, 2.24) is 9.97 Å². The first kappa shape index (κ1) is 23.5. The van der Waals surface area contributed by atoms with Crippen LogP contribution in [0.4, 0.5) is 0 Å². The average Bonchev–Trinajstić information content (AvgIpc) is 3.19. The summed E-state index contributed by atoms with van der Waals surface area (Å²) < 4.78 is 5.96. The number of benzene rings is 3. The molecule has 0 bridgehead atoms. The second-order valence-electron chi connectivity index (χ2n) is 8.38. The van der Waals surface area contributed by atoms with Crippen LogP contribution in [0.15, 0.2) is 91.3 Å². The number of pyridine rings is 2. The summed E-state index contributed by atoms with van der Waals surface area (Å²) in [7, 11) is -0.767. The maximum Gasteiger partial charge on any atom is 2.00 e. The van der Waals surface area contributed by atoms with Crippen LogP contribution in [-0.2, 0) is 21.1 Å². The maximum atomic E-state index is 5.96. The Hall–Kier alpha value is -3.25. The van der Waals surface area contributed by atoms with Gasteiger partial charge in [0.05, 0.1) is 5.44 Å². The van der Waals surface area contributed by atoms with Crippen LogP contribution >= 0.6 is 7.53 Å². The van der Waals surface area contributed by atoms with Gasteiger partial charge in [0.1, 0.15) is 0 Å². The van der Waals surface area contributed by atoms with Crippen molar-refractivity contribution < 1.29 is 25.8 Å². The van der Waals surface area contributed by atoms with Gasteiger partial charge in [-0.3, -0.25) is 4.98 Å². The summed E-state index contributed by atoms with van der Waals surface area (Å²) in [6.45, 7) is 4.12. The van der Waals surface area contributed by atoms with E-state index in [4.69, 9.17) is 9.72 Å². The molecular formula is C30H21N2OPPt. The van der Waals surface area contributed by atoms with E-state index in [9.17, 15) is 0 Å². The molecule has 35 heavy (non-hydrogen) atoms. The molecule has 0 aliphatic rings. The van der Waals surface area contributed by atoms with Crippen molar-refractivity contribution in [3.63, 3.8) is 0 Å². The van der Waals surface area contributed by atoms with Gasteiger partial charge in [-0.2, -0.15) is 24.3 Å². The van der Waals surface area contributed by atoms with Crippen molar-refractivity contribution in [2.75, 3.05) is 0 Å². The molecule has 0 spiro atoms. The van der Waals surface area contributed by atoms with Crippen LogP contribution in [0.3, 0.4) is 0 Å². The Morgan fingerprint density at radius 1 is 0.743 bits per heavy atom. The van der Waals surface area contributed by atoms with Gasteiger partial charge in [-0.1, -0.05) is 48.4 Å².